The van der Waals surface area contributed by atoms with Gasteiger partial charge in [0.1, 0.15) is 4.81 Å². The summed E-state index contributed by atoms with van der Waals surface area (Å²) in [4.78, 5) is 62.4. The fourth-order valence-corrected chi connectivity index (χ4v) is 10.3. The van der Waals surface area contributed by atoms with Crippen molar-refractivity contribution in [2.24, 2.45) is 46.3 Å². The number of fused-ring (bicyclic) bond motifs is 5. The fourth-order valence-electron chi connectivity index (χ4n) is 10.3. The summed E-state index contributed by atoms with van der Waals surface area (Å²) >= 11 is 0. The topological polar surface area (TPSA) is 167 Å². The van der Waals surface area contributed by atoms with E-state index in [1.165, 1.54) is 0 Å². The van der Waals surface area contributed by atoms with Gasteiger partial charge in [-0.15, -0.1) is 0 Å². The molecule has 11 heteroatoms. The van der Waals surface area contributed by atoms with Gasteiger partial charge < -0.3 is 15.5 Å². The summed E-state index contributed by atoms with van der Waals surface area (Å²) in [6, 6.07) is -0.0131. The van der Waals surface area contributed by atoms with Crippen LogP contribution in [0.5, 0.6) is 0 Å². The smallest absolute Gasteiger partial charge is 0.397 e. The zero-order valence-electron chi connectivity index (χ0n) is 25.8. The second-order valence-corrected chi connectivity index (χ2v) is 14.7. The number of rotatable bonds is 9. The van der Waals surface area contributed by atoms with Crippen LogP contribution in [0, 0.1) is 46.3 Å². The number of nitrogens with zero attached hydrogens (tertiary/aromatic N) is 1. The highest BCUT2D eigenvalue weighted by molar-refractivity contribution is 5.91. The first-order chi connectivity index (χ1) is 20.2. The minimum atomic E-state index is -1.97. The standard InChI is InChI=1S/C32H48N2O9/c1-18(4-12-29(39)40)22-7-8-23-21-6-5-19-16-20(14-15-31(19,2)24(21)17-25(35)32(22,23)3)33-26(36)9-13-30(41)43-34(42)27(37)10-11-28(34)38/h18-25,35,42H,4-17H2,1-3H3,(H-,33,36,39,40)/p+1/t18-,19-,20+,21?,22-,23?,24?,25+,31+,32-/m1/s1. The Morgan fingerprint density at radius 2 is 1.67 bits per heavy atom. The second kappa shape index (κ2) is 11.9. The van der Waals surface area contributed by atoms with Crippen molar-refractivity contribution in [3.8, 4) is 0 Å². The SMILES string of the molecule is C[C@H](CCC(=O)O)[C@H]1CCC2C3CC[C@@H]4C[C@@H](NC(=O)CCC(=O)O[N+]5(O)C(=O)CCC5=O)CC[C@]4(C)C3C[C@H](O)[C@@]21C. The molecule has 0 spiro atoms. The number of carboxylic acids is 1. The third-order valence-corrected chi connectivity index (χ3v) is 12.7. The van der Waals surface area contributed by atoms with Crippen molar-refractivity contribution < 1.29 is 49.0 Å². The van der Waals surface area contributed by atoms with E-state index in [-0.39, 0.29) is 60.8 Å². The fraction of sp³-hybridized carbons (Fsp3) is 0.844. The number of aliphatic hydroxyl groups is 1. The van der Waals surface area contributed by atoms with E-state index in [2.05, 4.69) is 26.1 Å². The summed E-state index contributed by atoms with van der Waals surface area (Å²) in [7, 11) is 0. The molecule has 3 amide bonds. The highest BCUT2D eigenvalue weighted by Gasteiger charge is 2.64. The lowest BCUT2D eigenvalue weighted by Crippen LogP contribution is -2.59. The van der Waals surface area contributed by atoms with Gasteiger partial charge in [0.2, 0.25) is 5.91 Å². The van der Waals surface area contributed by atoms with E-state index < -0.39 is 34.7 Å². The molecule has 10 atom stereocenters. The maximum Gasteiger partial charge on any atom is 0.397 e. The van der Waals surface area contributed by atoms with Crippen molar-refractivity contribution in [2.45, 2.75) is 123 Å². The average Bonchev–Trinajstić information content (AvgIpc) is 3.43. The molecule has 0 radical (unpaired) electrons. The molecule has 3 unspecified atom stereocenters. The first kappa shape index (κ1) is 32.0. The molecule has 1 saturated heterocycles. The van der Waals surface area contributed by atoms with Gasteiger partial charge in [0.05, 0.1) is 25.4 Å². The van der Waals surface area contributed by atoms with Gasteiger partial charge in [-0.05, 0) is 104 Å². The highest BCUT2D eigenvalue weighted by atomic mass is 17.0. The number of carboxylic acid groups (broad SMARTS) is 1. The van der Waals surface area contributed by atoms with Crippen molar-refractivity contribution in [1.82, 2.24) is 5.32 Å². The Morgan fingerprint density at radius 3 is 2.35 bits per heavy atom. The number of amides is 3. The van der Waals surface area contributed by atoms with E-state index in [4.69, 9.17) is 4.84 Å². The maximum absolute atomic E-state index is 12.7. The Hall–Kier alpha value is -2.37. The van der Waals surface area contributed by atoms with Crippen LogP contribution in [0.4, 0.5) is 0 Å². The average molecular weight is 606 g/mol. The van der Waals surface area contributed by atoms with Crippen LogP contribution in [0.1, 0.15) is 111 Å². The number of aliphatic carboxylic acids is 1. The predicted molar refractivity (Wildman–Crippen MR) is 151 cm³/mol. The molecule has 4 saturated carbocycles. The number of hydrogen-bond donors (Lipinski definition) is 4. The molecule has 0 aromatic rings. The Balaban J connectivity index is 1.15. The Kier molecular flexibility index (Phi) is 8.83. The molecule has 1 aliphatic heterocycles. The molecular formula is C32H49N2O9+. The Labute approximate surface area is 253 Å². The zero-order valence-corrected chi connectivity index (χ0v) is 25.8. The van der Waals surface area contributed by atoms with Gasteiger partial charge in [-0.2, -0.15) is 5.21 Å². The molecule has 0 bridgehead atoms. The van der Waals surface area contributed by atoms with E-state index in [0.717, 1.165) is 51.4 Å². The lowest BCUT2D eigenvalue weighted by Gasteiger charge is -2.62. The summed E-state index contributed by atoms with van der Waals surface area (Å²) < 4.78 is 0. The van der Waals surface area contributed by atoms with Crippen molar-refractivity contribution >= 4 is 29.7 Å². The van der Waals surface area contributed by atoms with E-state index in [1.807, 2.05) is 0 Å². The molecular weight excluding hydrogens is 556 g/mol. The van der Waals surface area contributed by atoms with E-state index in [0.29, 0.717) is 36.0 Å². The molecule has 0 aromatic carbocycles. The number of aliphatic hydroxyl groups excluding tert-OH is 1. The number of nitrogens with one attached hydrogen (secondary N) is 1. The maximum atomic E-state index is 12.7. The molecule has 5 fully saturated rings. The van der Waals surface area contributed by atoms with Crippen LogP contribution in [-0.4, -0.2) is 62.0 Å². The summed E-state index contributed by atoms with van der Waals surface area (Å²) in [5, 5.41) is 34.1. The number of hydroxylamine groups is 4. The van der Waals surface area contributed by atoms with Crippen LogP contribution in [-0.2, 0) is 28.8 Å². The van der Waals surface area contributed by atoms with E-state index >= 15 is 0 Å². The Bertz CT molecular complexity index is 1140. The number of quaternary nitrogens is 1. The Morgan fingerprint density at radius 1 is 0.977 bits per heavy atom. The van der Waals surface area contributed by atoms with Crippen LogP contribution >= 0.6 is 0 Å². The molecule has 4 N–H and O–H groups in total. The zero-order chi connectivity index (χ0) is 31.3. The van der Waals surface area contributed by atoms with Crippen molar-refractivity contribution in [1.29, 1.82) is 0 Å². The molecule has 5 rings (SSSR count). The predicted octanol–water partition coefficient (Wildman–Crippen LogP) is 3.89. The normalized spacial score (nSPS) is 40.6. The third kappa shape index (κ3) is 5.65. The lowest BCUT2D eigenvalue weighted by molar-refractivity contribution is -1.12. The molecule has 1 heterocycles. The van der Waals surface area contributed by atoms with Crippen LogP contribution < -0.4 is 5.32 Å². The summed E-state index contributed by atoms with van der Waals surface area (Å²) in [5.74, 6) is -1.39. The minimum absolute atomic E-state index is 0.0131. The molecule has 11 nitrogen and oxygen atoms in total. The van der Waals surface area contributed by atoms with Gasteiger partial charge in [0.15, 0.2) is 0 Å². The monoisotopic (exact) mass is 605 g/mol. The van der Waals surface area contributed by atoms with E-state index in [1.54, 1.807) is 0 Å². The summed E-state index contributed by atoms with van der Waals surface area (Å²) in [6.45, 7) is 6.82. The molecule has 4 aliphatic carbocycles. The highest BCUT2D eigenvalue weighted by Crippen LogP contribution is 2.68. The number of carbonyl (C=O) groups is 5. The first-order valence-corrected chi connectivity index (χ1v) is 16.3. The molecule has 0 aromatic heterocycles. The largest absolute Gasteiger partial charge is 0.481 e. The summed E-state index contributed by atoms with van der Waals surface area (Å²) in [5.41, 5.74) is -0.0987. The third-order valence-electron chi connectivity index (χ3n) is 12.7. The first-order valence-electron chi connectivity index (χ1n) is 16.3. The number of carbonyl (C=O) groups excluding carboxylic acids is 4. The molecule has 240 valence electrons. The van der Waals surface area contributed by atoms with Gasteiger partial charge in [-0.25, -0.2) is 19.2 Å². The van der Waals surface area contributed by atoms with Crippen LogP contribution in [0.2, 0.25) is 0 Å². The van der Waals surface area contributed by atoms with Crippen molar-refractivity contribution in [3.05, 3.63) is 0 Å². The number of hydrogen-bond acceptors (Lipinski definition) is 8. The summed E-state index contributed by atoms with van der Waals surface area (Å²) in [6.07, 6.45) is 7.25. The lowest BCUT2D eigenvalue weighted by atomic mass is 9.43. The van der Waals surface area contributed by atoms with Gasteiger partial charge in [0.25, 0.3) is 0 Å². The quantitative estimate of drug-likeness (QED) is 0.173. The van der Waals surface area contributed by atoms with Crippen LogP contribution in [0.15, 0.2) is 0 Å². The number of imide groups is 1. The second-order valence-electron chi connectivity index (χ2n) is 14.7. The van der Waals surface area contributed by atoms with Crippen LogP contribution in [0.3, 0.4) is 0 Å². The van der Waals surface area contributed by atoms with E-state index in [9.17, 15) is 39.4 Å². The van der Waals surface area contributed by atoms with Gasteiger partial charge in [0, 0.05) is 18.9 Å². The van der Waals surface area contributed by atoms with Gasteiger partial charge in [-0.3, -0.25) is 9.59 Å². The molecule has 43 heavy (non-hydrogen) atoms. The minimum Gasteiger partial charge on any atom is -0.481 e. The van der Waals surface area contributed by atoms with Crippen molar-refractivity contribution in [2.75, 3.05) is 0 Å². The van der Waals surface area contributed by atoms with Gasteiger partial charge >= 0.3 is 23.8 Å². The van der Waals surface area contributed by atoms with Crippen molar-refractivity contribution in [3.63, 3.8) is 0 Å². The van der Waals surface area contributed by atoms with Gasteiger partial charge in [-0.1, -0.05) is 20.8 Å². The molecule has 5 aliphatic rings. The van der Waals surface area contributed by atoms with Crippen LogP contribution in [0.25, 0.3) is 0 Å².